The summed E-state index contributed by atoms with van der Waals surface area (Å²) in [6, 6.07) is 4.86. The molecule has 6 heteroatoms. The van der Waals surface area contributed by atoms with E-state index in [1.54, 1.807) is 18.3 Å². The SMILES string of the molecule is CC1(C)OB(c2cc3cc(N)ncc3cc2F)OC1(C)C. The van der Waals surface area contributed by atoms with Crippen molar-refractivity contribution >= 4 is 29.2 Å². The number of pyridine rings is 1. The molecule has 4 nitrogen and oxygen atoms in total. The highest BCUT2D eigenvalue weighted by atomic mass is 19.1. The smallest absolute Gasteiger partial charge is 0.399 e. The molecule has 0 unspecified atom stereocenters. The van der Waals surface area contributed by atoms with Crippen LogP contribution in [0, 0.1) is 5.82 Å². The molecule has 0 amide bonds. The molecular formula is C15H18BFN2O2. The maximum absolute atomic E-state index is 14.4. The second-order valence-electron chi connectivity index (χ2n) is 6.42. The molecule has 0 aliphatic carbocycles. The molecule has 2 heterocycles. The first kappa shape index (κ1) is 14.3. The normalized spacial score (nSPS) is 20.1. The molecule has 0 bridgehead atoms. The van der Waals surface area contributed by atoms with Crippen molar-refractivity contribution in [2.45, 2.75) is 38.9 Å². The first-order valence-electron chi connectivity index (χ1n) is 6.90. The van der Waals surface area contributed by atoms with Crippen molar-refractivity contribution in [3.63, 3.8) is 0 Å². The molecule has 2 N–H and O–H groups in total. The third-order valence-electron chi connectivity index (χ3n) is 4.37. The van der Waals surface area contributed by atoms with Crippen LogP contribution >= 0.6 is 0 Å². The Hall–Kier alpha value is -1.66. The third-order valence-corrected chi connectivity index (χ3v) is 4.37. The van der Waals surface area contributed by atoms with Crippen molar-refractivity contribution in [2.24, 2.45) is 0 Å². The Morgan fingerprint density at radius 3 is 2.29 bits per heavy atom. The summed E-state index contributed by atoms with van der Waals surface area (Å²) in [5.41, 5.74) is 5.06. The van der Waals surface area contributed by atoms with Gasteiger partial charge in [0.25, 0.3) is 0 Å². The van der Waals surface area contributed by atoms with Crippen molar-refractivity contribution in [3.8, 4) is 0 Å². The summed E-state index contributed by atoms with van der Waals surface area (Å²) in [6.45, 7) is 7.75. The van der Waals surface area contributed by atoms with Crippen LogP contribution in [0.2, 0.25) is 0 Å². The number of hydrogen-bond acceptors (Lipinski definition) is 4. The monoisotopic (exact) mass is 288 g/mol. The van der Waals surface area contributed by atoms with Crippen molar-refractivity contribution in [1.29, 1.82) is 0 Å². The molecule has 2 aromatic rings. The lowest BCUT2D eigenvalue weighted by Crippen LogP contribution is -2.41. The Labute approximate surface area is 123 Å². The molecule has 1 fully saturated rings. The average Bonchev–Trinajstić information content (AvgIpc) is 2.58. The van der Waals surface area contributed by atoms with Gasteiger partial charge in [0.2, 0.25) is 0 Å². The molecule has 1 saturated heterocycles. The fraction of sp³-hybridized carbons (Fsp3) is 0.400. The second-order valence-corrected chi connectivity index (χ2v) is 6.42. The minimum Gasteiger partial charge on any atom is -0.399 e. The maximum atomic E-state index is 14.4. The lowest BCUT2D eigenvalue weighted by molar-refractivity contribution is 0.00578. The average molecular weight is 288 g/mol. The summed E-state index contributed by atoms with van der Waals surface area (Å²) >= 11 is 0. The second kappa shape index (κ2) is 4.42. The largest absolute Gasteiger partial charge is 0.497 e. The summed E-state index contributed by atoms with van der Waals surface area (Å²) in [5, 5.41) is 1.51. The molecule has 0 atom stereocenters. The zero-order chi connectivity index (χ0) is 15.4. The van der Waals surface area contributed by atoms with Crippen LogP contribution in [0.3, 0.4) is 0 Å². The number of halogens is 1. The van der Waals surface area contributed by atoms with Gasteiger partial charge < -0.3 is 15.0 Å². The van der Waals surface area contributed by atoms with Gasteiger partial charge in [0.15, 0.2) is 0 Å². The van der Waals surface area contributed by atoms with Crippen LogP contribution in [0.5, 0.6) is 0 Å². The topological polar surface area (TPSA) is 57.4 Å². The van der Waals surface area contributed by atoms with Crippen LogP contribution in [0.15, 0.2) is 24.4 Å². The Morgan fingerprint density at radius 1 is 1.05 bits per heavy atom. The number of rotatable bonds is 1. The number of fused-ring (bicyclic) bond motifs is 1. The lowest BCUT2D eigenvalue weighted by Gasteiger charge is -2.32. The lowest BCUT2D eigenvalue weighted by atomic mass is 9.78. The molecule has 110 valence electrons. The van der Waals surface area contributed by atoms with Crippen molar-refractivity contribution in [3.05, 3.63) is 30.2 Å². The van der Waals surface area contributed by atoms with Crippen molar-refractivity contribution in [2.75, 3.05) is 5.73 Å². The quantitative estimate of drug-likeness (QED) is 0.818. The van der Waals surface area contributed by atoms with Crippen LogP contribution in [0.4, 0.5) is 10.2 Å². The summed E-state index contributed by atoms with van der Waals surface area (Å²) < 4.78 is 26.2. The fourth-order valence-electron chi connectivity index (χ4n) is 2.35. The minimum absolute atomic E-state index is 0.368. The van der Waals surface area contributed by atoms with Gasteiger partial charge in [-0.2, -0.15) is 0 Å². The molecule has 1 aliphatic heterocycles. The van der Waals surface area contributed by atoms with E-state index in [-0.39, 0.29) is 5.82 Å². The van der Waals surface area contributed by atoms with Crippen LogP contribution in [0.1, 0.15) is 27.7 Å². The van der Waals surface area contributed by atoms with E-state index in [4.69, 9.17) is 15.0 Å². The number of hydrogen-bond donors (Lipinski definition) is 1. The van der Waals surface area contributed by atoms with E-state index in [0.717, 1.165) is 5.39 Å². The summed E-state index contributed by atoms with van der Waals surface area (Å²) in [6.07, 6.45) is 1.56. The summed E-state index contributed by atoms with van der Waals surface area (Å²) in [5.74, 6) is 0.0292. The van der Waals surface area contributed by atoms with Crippen LogP contribution in [-0.2, 0) is 9.31 Å². The van der Waals surface area contributed by atoms with Gasteiger partial charge in [0.05, 0.1) is 11.2 Å². The molecule has 3 rings (SSSR count). The predicted octanol–water partition coefficient (Wildman–Crippen LogP) is 2.26. The third kappa shape index (κ3) is 2.28. The highest BCUT2D eigenvalue weighted by Gasteiger charge is 2.52. The van der Waals surface area contributed by atoms with Gasteiger partial charge in [0.1, 0.15) is 11.6 Å². The van der Waals surface area contributed by atoms with Crippen molar-refractivity contribution < 1.29 is 13.7 Å². The zero-order valence-electron chi connectivity index (χ0n) is 12.6. The van der Waals surface area contributed by atoms with Gasteiger partial charge in [0, 0.05) is 17.0 Å². The molecule has 1 aromatic heterocycles. The molecular weight excluding hydrogens is 270 g/mol. The standard InChI is InChI=1S/C15H18BFN2O2/c1-14(2)15(3,4)21-16(20-14)11-5-9-7-13(18)19-8-10(9)6-12(11)17/h5-8H,1-4H3,(H2,18,19). The number of benzene rings is 1. The van der Waals surface area contributed by atoms with E-state index in [2.05, 4.69) is 4.98 Å². The Bertz CT molecular complexity index is 702. The van der Waals surface area contributed by atoms with Gasteiger partial charge in [-0.3, -0.25) is 0 Å². The van der Waals surface area contributed by atoms with E-state index in [1.807, 2.05) is 27.7 Å². The predicted molar refractivity (Wildman–Crippen MR) is 81.8 cm³/mol. The molecule has 1 aromatic carbocycles. The first-order chi connectivity index (χ1) is 9.69. The fourth-order valence-corrected chi connectivity index (χ4v) is 2.35. The van der Waals surface area contributed by atoms with Crippen LogP contribution < -0.4 is 11.2 Å². The van der Waals surface area contributed by atoms with Gasteiger partial charge in [-0.05, 0) is 45.2 Å². The van der Waals surface area contributed by atoms with E-state index in [1.165, 1.54) is 6.07 Å². The zero-order valence-corrected chi connectivity index (χ0v) is 12.6. The maximum Gasteiger partial charge on any atom is 0.497 e. The summed E-state index contributed by atoms with van der Waals surface area (Å²) in [7, 11) is -0.728. The van der Waals surface area contributed by atoms with Gasteiger partial charge >= 0.3 is 7.12 Å². The first-order valence-corrected chi connectivity index (χ1v) is 6.90. The van der Waals surface area contributed by atoms with Gasteiger partial charge in [-0.25, -0.2) is 9.37 Å². The number of anilines is 1. The molecule has 0 spiro atoms. The molecule has 0 saturated carbocycles. The highest BCUT2D eigenvalue weighted by Crippen LogP contribution is 2.36. The van der Waals surface area contributed by atoms with Crippen LogP contribution in [0.25, 0.3) is 10.8 Å². The molecule has 1 aliphatic rings. The number of nitrogens with two attached hydrogens (primary N) is 1. The minimum atomic E-state index is -0.728. The summed E-state index contributed by atoms with van der Waals surface area (Å²) in [4.78, 5) is 3.97. The van der Waals surface area contributed by atoms with E-state index in [9.17, 15) is 4.39 Å². The van der Waals surface area contributed by atoms with E-state index >= 15 is 0 Å². The molecule has 21 heavy (non-hydrogen) atoms. The van der Waals surface area contributed by atoms with E-state index < -0.39 is 18.3 Å². The Kier molecular flexibility index (Phi) is 3.01. The van der Waals surface area contributed by atoms with Crippen LogP contribution in [-0.4, -0.2) is 23.3 Å². The number of nitrogen functional groups attached to an aromatic ring is 1. The number of nitrogens with zero attached hydrogens (tertiary/aromatic N) is 1. The Balaban J connectivity index is 2.07. The highest BCUT2D eigenvalue weighted by molar-refractivity contribution is 6.62. The molecule has 0 radical (unpaired) electrons. The van der Waals surface area contributed by atoms with E-state index in [0.29, 0.717) is 16.7 Å². The van der Waals surface area contributed by atoms with Gasteiger partial charge in [-0.1, -0.05) is 6.07 Å². The number of aromatic nitrogens is 1. The van der Waals surface area contributed by atoms with Gasteiger partial charge in [-0.15, -0.1) is 0 Å². The Morgan fingerprint density at radius 2 is 1.67 bits per heavy atom. The van der Waals surface area contributed by atoms with Crippen molar-refractivity contribution in [1.82, 2.24) is 4.98 Å².